The van der Waals surface area contributed by atoms with Gasteiger partial charge in [-0.2, -0.15) is 15.1 Å². The second kappa shape index (κ2) is 9.66. The molecule has 0 saturated carbocycles. The molecule has 10 nitrogen and oxygen atoms in total. The molecule has 10 heteroatoms. The summed E-state index contributed by atoms with van der Waals surface area (Å²) in [6.45, 7) is 12.2. The average Bonchev–Trinajstić information content (AvgIpc) is 3.23. The fraction of sp³-hybridized carbons (Fsp3) is 0.545. The molecule has 0 radical (unpaired) electrons. The third-order valence-electron chi connectivity index (χ3n) is 5.74. The molecule has 0 bridgehead atoms. The lowest BCUT2D eigenvalue weighted by molar-refractivity contribution is 0.248. The van der Waals surface area contributed by atoms with Crippen LogP contribution in [0.3, 0.4) is 0 Å². The Kier molecular flexibility index (Phi) is 6.71. The van der Waals surface area contributed by atoms with Crippen LogP contribution in [0.4, 0.5) is 23.3 Å². The molecule has 4 heterocycles. The smallest absolute Gasteiger partial charge is 0.227 e. The maximum atomic E-state index is 9.74. The Morgan fingerprint density at radius 3 is 2.50 bits per heavy atom. The van der Waals surface area contributed by atoms with Gasteiger partial charge in [-0.1, -0.05) is 13.8 Å². The predicted molar refractivity (Wildman–Crippen MR) is 128 cm³/mol. The second-order valence-corrected chi connectivity index (χ2v) is 8.76. The van der Waals surface area contributed by atoms with E-state index in [1.165, 1.54) is 0 Å². The predicted octanol–water partition coefficient (Wildman–Crippen LogP) is 2.38. The quantitative estimate of drug-likeness (QED) is 0.420. The van der Waals surface area contributed by atoms with Gasteiger partial charge in [-0.25, -0.2) is 9.67 Å². The fourth-order valence-corrected chi connectivity index (χ4v) is 3.74. The Bertz CT molecular complexity index is 1030. The molecule has 0 spiro atoms. The van der Waals surface area contributed by atoms with Crippen LogP contribution in [-0.2, 0) is 0 Å². The minimum atomic E-state index is -0.146. The molecule has 0 aliphatic carbocycles. The van der Waals surface area contributed by atoms with Crippen LogP contribution in [0.25, 0.3) is 11.0 Å². The van der Waals surface area contributed by atoms with Gasteiger partial charge in [0, 0.05) is 32.2 Å². The van der Waals surface area contributed by atoms with Gasteiger partial charge in [0.1, 0.15) is 11.6 Å². The summed E-state index contributed by atoms with van der Waals surface area (Å²) in [6, 6.07) is 4.05. The number of anilines is 4. The van der Waals surface area contributed by atoms with E-state index < -0.39 is 0 Å². The molecule has 1 saturated heterocycles. The largest absolute Gasteiger partial charge is 0.394 e. The third kappa shape index (κ3) is 4.76. The van der Waals surface area contributed by atoms with Gasteiger partial charge >= 0.3 is 0 Å². The molecule has 32 heavy (non-hydrogen) atoms. The van der Waals surface area contributed by atoms with Crippen molar-refractivity contribution in [1.29, 1.82) is 0 Å². The normalized spacial score (nSPS) is 15.5. The first-order chi connectivity index (χ1) is 15.5. The maximum absolute atomic E-state index is 9.74. The molecule has 1 unspecified atom stereocenters. The van der Waals surface area contributed by atoms with Crippen molar-refractivity contribution in [1.82, 2.24) is 30.0 Å². The molecule has 3 aromatic heterocycles. The lowest BCUT2D eigenvalue weighted by atomic mass is 10.1. The Balaban J connectivity index is 1.64. The summed E-state index contributed by atoms with van der Waals surface area (Å²) >= 11 is 0. The zero-order valence-corrected chi connectivity index (χ0v) is 19.2. The number of hydrogen-bond acceptors (Lipinski definition) is 9. The molecule has 1 aliphatic rings. The Morgan fingerprint density at radius 2 is 1.88 bits per heavy atom. The monoisotopic (exact) mass is 439 g/mol. The van der Waals surface area contributed by atoms with E-state index in [9.17, 15) is 5.11 Å². The SMILES string of the molecule is CC(C)C(CO)Nc1nc(Nc2ccc(N3CCNCC3)cn2)c2cnn(C(C)C)c2n1. The number of rotatable bonds is 8. The van der Waals surface area contributed by atoms with Crippen molar-refractivity contribution < 1.29 is 5.11 Å². The molecule has 4 rings (SSSR count). The van der Waals surface area contributed by atoms with Gasteiger partial charge in [0.15, 0.2) is 5.65 Å². The van der Waals surface area contributed by atoms with E-state index in [-0.39, 0.29) is 24.6 Å². The van der Waals surface area contributed by atoms with Crippen LogP contribution in [-0.4, -0.2) is 68.7 Å². The van der Waals surface area contributed by atoms with E-state index in [1.54, 1.807) is 6.20 Å². The van der Waals surface area contributed by atoms with Gasteiger partial charge in [0.2, 0.25) is 5.95 Å². The van der Waals surface area contributed by atoms with Crippen molar-refractivity contribution in [3.63, 3.8) is 0 Å². The van der Waals surface area contributed by atoms with E-state index >= 15 is 0 Å². The lowest BCUT2D eigenvalue weighted by Crippen LogP contribution is -2.43. The summed E-state index contributed by atoms with van der Waals surface area (Å²) in [7, 11) is 0. The third-order valence-corrected chi connectivity index (χ3v) is 5.74. The Hall–Kier alpha value is -2.98. The van der Waals surface area contributed by atoms with Gasteiger partial charge < -0.3 is 26.0 Å². The van der Waals surface area contributed by atoms with Crippen LogP contribution in [0.1, 0.15) is 33.7 Å². The number of pyridine rings is 1. The van der Waals surface area contributed by atoms with Crippen LogP contribution in [0, 0.1) is 5.92 Å². The molecule has 4 N–H and O–H groups in total. The second-order valence-electron chi connectivity index (χ2n) is 8.76. The number of nitrogens with one attached hydrogen (secondary N) is 3. The molecule has 1 aliphatic heterocycles. The molecule has 1 atom stereocenters. The van der Waals surface area contributed by atoms with E-state index in [0.717, 1.165) is 42.9 Å². The number of aromatic nitrogens is 5. The highest BCUT2D eigenvalue weighted by atomic mass is 16.3. The van der Waals surface area contributed by atoms with Crippen molar-refractivity contribution in [3.05, 3.63) is 24.5 Å². The number of fused-ring (bicyclic) bond motifs is 1. The average molecular weight is 440 g/mol. The summed E-state index contributed by atoms with van der Waals surface area (Å²) in [6.07, 6.45) is 3.67. The zero-order valence-electron chi connectivity index (χ0n) is 19.2. The fourth-order valence-electron chi connectivity index (χ4n) is 3.74. The molecule has 0 aromatic carbocycles. The van der Waals surface area contributed by atoms with Crippen molar-refractivity contribution in [2.24, 2.45) is 5.92 Å². The first-order valence-electron chi connectivity index (χ1n) is 11.3. The molecule has 1 fully saturated rings. The highest BCUT2D eigenvalue weighted by molar-refractivity contribution is 5.89. The van der Waals surface area contributed by atoms with E-state index in [0.29, 0.717) is 17.6 Å². The van der Waals surface area contributed by atoms with Crippen LogP contribution >= 0.6 is 0 Å². The topological polar surface area (TPSA) is 116 Å². The Labute approximate surface area is 188 Å². The minimum Gasteiger partial charge on any atom is -0.394 e. The summed E-state index contributed by atoms with van der Waals surface area (Å²) in [5, 5.41) is 25.1. The standard InChI is InChI=1S/C22H33N9O/c1-14(2)18(13-32)26-22-28-20(17-12-25-31(15(3)4)21(17)29-22)27-19-6-5-16(11-24-19)30-9-7-23-8-10-30/h5-6,11-12,14-15,18,23,32H,7-10,13H2,1-4H3,(H2,24,26,27,28,29). The van der Waals surface area contributed by atoms with E-state index in [2.05, 4.69) is 50.8 Å². The van der Waals surface area contributed by atoms with Crippen molar-refractivity contribution in [3.8, 4) is 0 Å². The number of nitrogens with zero attached hydrogens (tertiary/aromatic N) is 6. The first-order valence-corrected chi connectivity index (χ1v) is 11.3. The molecular formula is C22H33N9O. The summed E-state index contributed by atoms with van der Waals surface area (Å²) in [5.74, 6) is 2.01. The maximum Gasteiger partial charge on any atom is 0.227 e. The van der Waals surface area contributed by atoms with E-state index in [4.69, 9.17) is 9.97 Å². The number of hydrogen-bond donors (Lipinski definition) is 4. The van der Waals surface area contributed by atoms with Crippen LogP contribution < -0.4 is 20.9 Å². The van der Waals surface area contributed by atoms with Crippen LogP contribution in [0.15, 0.2) is 24.5 Å². The molecule has 3 aromatic rings. The highest BCUT2D eigenvalue weighted by Gasteiger charge is 2.19. The van der Waals surface area contributed by atoms with Crippen molar-refractivity contribution >= 4 is 34.3 Å². The number of piperazine rings is 1. The molecule has 0 amide bonds. The number of aliphatic hydroxyl groups excluding tert-OH is 1. The minimum absolute atomic E-state index is 0.000303. The summed E-state index contributed by atoms with van der Waals surface area (Å²) in [4.78, 5) is 16.3. The van der Waals surface area contributed by atoms with Gasteiger partial charge in [0.05, 0.1) is 36.1 Å². The van der Waals surface area contributed by atoms with Gasteiger partial charge in [-0.05, 0) is 31.9 Å². The molecule has 172 valence electrons. The van der Waals surface area contributed by atoms with Gasteiger partial charge in [-0.3, -0.25) is 0 Å². The number of aliphatic hydroxyl groups is 1. The Morgan fingerprint density at radius 1 is 1.09 bits per heavy atom. The van der Waals surface area contributed by atoms with Gasteiger partial charge in [-0.15, -0.1) is 0 Å². The lowest BCUT2D eigenvalue weighted by Gasteiger charge is -2.29. The van der Waals surface area contributed by atoms with Crippen LogP contribution in [0.2, 0.25) is 0 Å². The van der Waals surface area contributed by atoms with E-state index in [1.807, 2.05) is 30.8 Å². The first kappa shape index (κ1) is 22.2. The summed E-state index contributed by atoms with van der Waals surface area (Å²) < 4.78 is 1.87. The van der Waals surface area contributed by atoms with Crippen molar-refractivity contribution in [2.75, 3.05) is 48.3 Å². The molecular weight excluding hydrogens is 406 g/mol. The zero-order chi connectivity index (χ0) is 22.7. The van der Waals surface area contributed by atoms with Crippen molar-refractivity contribution in [2.45, 2.75) is 39.8 Å². The highest BCUT2D eigenvalue weighted by Crippen LogP contribution is 2.27. The summed E-state index contributed by atoms with van der Waals surface area (Å²) in [5.41, 5.74) is 1.85. The van der Waals surface area contributed by atoms with Gasteiger partial charge in [0.25, 0.3) is 0 Å². The van der Waals surface area contributed by atoms with Crippen LogP contribution in [0.5, 0.6) is 0 Å².